The minimum Gasteiger partial charge on any atom is -0.338 e. The van der Waals surface area contributed by atoms with Crippen LogP contribution in [0, 0.1) is 5.92 Å². The molecule has 3 fully saturated rings. The third-order valence-electron chi connectivity index (χ3n) is 4.95. The molecule has 1 amide bonds. The molecule has 3 saturated heterocycles. The second-order valence-corrected chi connectivity index (χ2v) is 6.64. The molecule has 0 aromatic carbocycles. The van der Waals surface area contributed by atoms with Gasteiger partial charge in [0, 0.05) is 50.5 Å². The summed E-state index contributed by atoms with van der Waals surface area (Å²) in [7, 11) is 0. The first kappa shape index (κ1) is 15.1. The van der Waals surface area contributed by atoms with Gasteiger partial charge in [0.15, 0.2) is 0 Å². The number of rotatable bonds is 3. The maximum Gasteiger partial charge on any atom is 0.227 e. The molecule has 24 heavy (non-hydrogen) atoms. The zero-order valence-electron chi connectivity index (χ0n) is 13.6. The van der Waals surface area contributed by atoms with Crippen LogP contribution >= 0.6 is 0 Å². The molecular weight excluding hydrogens is 302 g/mol. The highest BCUT2D eigenvalue weighted by atomic mass is 16.2. The summed E-state index contributed by atoms with van der Waals surface area (Å²) in [5, 5.41) is 0. The minimum atomic E-state index is 0.202. The van der Waals surface area contributed by atoms with Crippen molar-refractivity contribution < 1.29 is 4.79 Å². The summed E-state index contributed by atoms with van der Waals surface area (Å²) >= 11 is 0. The van der Waals surface area contributed by atoms with E-state index in [-0.39, 0.29) is 11.9 Å². The average Bonchev–Trinajstić information content (AvgIpc) is 2.95. The van der Waals surface area contributed by atoms with Gasteiger partial charge < -0.3 is 9.80 Å². The van der Waals surface area contributed by atoms with E-state index in [9.17, 15) is 4.79 Å². The van der Waals surface area contributed by atoms with Crippen LogP contribution in [0.5, 0.6) is 0 Å². The first-order valence-corrected chi connectivity index (χ1v) is 8.50. The second-order valence-electron chi connectivity index (χ2n) is 6.64. The minimum absolute atomic E-state index is 0.202. The highest BCUT2D eigenvalue weighted by Crippen LogP contribution is 2.29. The predicted molar refractivity (Wildman–Crippen MR) is 90.4 cm³/mol. The molecule has 0 aliphatic carbocycles. The van der Waals surface area contributed by atoms with E-state index >= 15 is 0 Å². The number of fused-ring (bicyclic) bond motifs is 4. The van der Waals surface area contributed by atoms with Gasteiger partial charge in [-0.05, 0) is 36.5 Å². The number of aromatic nitrogens is 3. The van der Waals surface area contributed by atoms with Crippen LogP contribution < -0.4 is 4.90 Å². The fourth-order valence-corrected chi connectivity index (χ4v) is 3.78. The van der Waals surface area contributed by atoms with E-state index in [0.717, 1.165) is 37.6 Å². The molecule has 5 heterocycles. The van der Waals surface area contributed by atoms with Gasteiger partial charge in [-0.3, -0.25) is 9.78 Å². The Hall–Kier alpha value is -2.50. The largest absolute Gasteiger partial charge is 0.338 e. The van der Waals surface area contributed by atoms with Crippen LogP contribution in [0.25, 0.3) is 0 Å². The van der Waals surface area contributed by atoms with Crippen molar-refractivity contribution in [1.29, 1.82) is 0 Å². The van der Waals surface area contributed by atoms with Gasteiger partial charge in [0.25, 0.3) is 0 Å². The first-order chi connectivity index (χ1) is 11.8. The lowest BCUT2D eigenvalue weighted by Crippen LogP contribution is -2.48. The lowest BCUT2D eigenvalue weighted by Gasteiger charge is -2.36. The van der Waals surface area contributed by atoms with Gasteiger partial charge in [0.1, 0.15) is 0 Å². The summed E-state index contributed by atoms with van der Waals surface area (Å²) in [6, 6.07) is 5.92. The highest BCUT2D eigenvalue weighted by molar-refractivity contribution is 5.79. The number of hydrogen-bond donors (Lipinski definition) is 0. The third kappa shape index (κ3) is 3.09. The maximum atomic E-state index is 12.8. The van der Waals surface area contributed by atoms with Gasteiger partial charge in [-0.25, -0.2) is 9.97 Å². The third-order valence-corrected chi connectivity index (χ3v) is 4.95. The average molecular weight is 323 g/mol. The molecule has 2 aromatic heterocycles. The smallest absolute Gasteiger partial charge is 0.227 e. The Kier molecular flexibility index (Phi) is 4.11. The molecule has 0 radical (unpaired) electrons. The molecule has 3 aliphatic heterocycles. The Morgan fingerprint density at radius 2 is 1.96 bits per heavy atom. The number of nitrogens with zero attached hydrogens (tertiary/aromatic N) is 5. The van der Waals surface area contributed by atoms with E-state index in [1.165, 1.54) is 6.42 Å². The summed E-state index contributed by atoms with van der Waals surface area (Å²) in [6.45, 7) is 2.59. The molecular formula is C18H21N5O. The van der Waals surface area contributed by atoms with Gasteiger partial charge in [0.05, 0.1) is 6.42 Å². The number of carbonyl (C=O) groups excluding carboxylic acids is 1. The lowest BCUT2D eigenvalue weighted by atomic mass is 9.94. The molecule has 0 spiro atoms. The van der Waals surface area contributed by atoms with Crippen LogP contribution in [0.4, 0.5) is 5.95 Å². The fourth-order valence-electron chi connectivity index (χ4n) is 3.78. The fraction of sp³-hybridized carbons (Fsp3) is 0.444. The molecule has 0 N–H and O–H groups in total. The van der Waals surface area contributed by atoms with E-state index in [0.29, 0.717) is 12.3 Å². The molecule has 2 aromatic rings. The molecule has 6 heteroatoms. The van der Waals surface area contributed by atoms with Crippen molar-refractivity contribution in [2.24, 2.45) is 5.92 Å². The molecule has 2 unspecified atom stereocenters. The molecule has 124 valence electrons. The van der Waals surface area contributed by atoms with Crippen molar-refractivity contribution in [2.75, 3.05) is 24.5 Å². The molecule has 5 rings (SSSR count). The summed E-state index contributed by atoms with van der Waals surface area (Å²) in [6.07, 6.45) is 9.73. The highest BCUT2D eigenvalue weighted by Gasteiger charge is 2.37. The number of carbonyl (C=O) groups is 1. The normalized spacial score (nSPS) is 23.2. The zero-order chi connectivity index (χ0) is 16.4. The van der Waals surface area contributed by atoms with Crippen LogP contribution in [0.3, 0.4) is 0 Å². The summed E-state index contributed by atoms with van der Waals surface area (Å²) in [5.74, 6) is 1.47. The van der Waals surface area contributed by atoms with Gasteiger partial charge in [0.2, 0.25) is 11.9 Å². The Bertz CT molecular complexity index is 693. The van der Waals surface area contributed by atoms with E-state index in [2.05, 4.69) is 24.8 Å². The zero-order valence-corrected chi connectivity index (χ0v) is 13.6. The topological polar surface area (TPSA) is 62.2 Å². The summed E-state index contributed by atoms with van der Waals surface area (Å²) in [4.78, 5) is 30.0. The SMILES string of the molecule is O=C(Cc1cccnc1)N1CC2CCC1CN(c1ncccn1)C2. The van der Waals surface area contributed by atoms with Gasteiger partial charge in [-0.15, -0.1) is 0 Å². The van der Waals surface area contributed by atoms with Gasteiger partial charge in [-0.2, -0.15) is 0 Å². The molecule has 2 atom stereocenters. The number of pyridine rings is 1. The Balaban J connectivity index is 1.49. The van der Waals surface area contributed by atoms with Crippen LogP contribution in [-0.4, -0.2) is 51.4 Å². The standard InChI is InChI=1S/C18H21N5O/c24-17(9-14-3-1-6-19-10-14)23-12-15-4-5-16(23)13-22(11-15)18-20-7-2-8-21-18/h1-3,6-8,10,15-16H,4-5,9,11-13H2. The van der Waals surface area contributed by atoms with Crippen LogP contribution in [-0.2, 0) is 11.2 Å². The van der Waals surface area contributed by atoms with E-state index < -0.39 is 0 Å². The van der Waals surface area contributed by atoms with Gasteiger partial charge >= 0.3 is 0 Å². The lowest BCUT2D eigenvalue weighted by molar-refractivity contribution is -0.134. The Morgan fingerprint density at radius 3 is 2.75 bits per heavy atom. The van der Waals surface area contributed by atoms with Crippen molar-refractivity contribution in [3.8, 4) is 0 Å². The number of amides is 1. The van der Waals surface area contributed by atoms with E-state index in [4.69, 9.17) is 0 Å². The van der Waals surface area contributed by atoms with Crippen molar-refractivity contribution in [3.63, 3.8) is 0 Å². The molecule has 0 saturated carbocycles. The van der Waals surface area contributed by atoms with Crippen molar-refractivity contribution in [3.05, 3.63) is 48.5 Å². The quantitative estimate of drug-likeness (QED) is 0.857. The van der Waals surface area contributed by atoms with Crippen molar-refractivity contribution >= 4 is 11.9 Å². The second kappa shape index (κ2) is 6.55. The Morgan fingerprint density at radius 1 is 1.08 bits per heavy atom. The maximum absolute atomic E-state index is 12.8. The molecule has 3 aliphatic rings. The molecule has 6 nitrogen and oxygen atoms in total. The summed E-state index contributed by atoms with van der Waals surface area (Å²) in [5.41, 5.74) is 0.978. The first-order valence-electron chi connectivity index (χ1n) is 8.50. The van der Waals surface area contributed by atoms with E-state index in [1.54, 1.807) is 24.8 Å². The van der Waals surface area contributed by atoms with Crippen LogP contribution in [0.1, 0.15) is 18.4 Å². The summed E-state index contributed by atoms with van der Waals surface area (Å²) < 4.78 is 0. The van der Waals surface area contributed by atoms with Crippen LogP contribution in [0.15, 0.2) is 43.0 Å². The molecule has 2 bridgehead atoms. The van der Waals surface area contributed by atoms with E-state index in [1.807, 2.05) is 18.2 Å². The van der Waals surface area contributed by atoms with Gasteiger partial charge in [-0.1, -0.05) is 6.07 Å². The number of piperidine rings is 1. The van der Waals surface area contributed by atoms with Crippen LogP contribution in [0.2, 0.25) is 0 Å². The monoisotopic (exact) mass is 323 g/mol. The Labute approximate surface area is 141 Å². The predicted octanol–water partition coefficient (Wildman–Crippen LogP) is 1.54. The number of hydrogen-bond acceptors (Lipinski definition) is 5. The van der Waals surface area contributed by atoms with Crippen molar-refractivity contribution in [1.82, 2.24) is 19.9 Å². The van der Waals surface area contributed by atoms with Crippen molar-refractivity contribution in [2.45, 2.75) is 25.3 Å². The number of anilines is 1.